The van der Waals surface area contributed by atoms with E-state index in [2.05, 4.69) is 0 Å². The molecule has 15 heavy (non-hydrogen) atoms. The lowest BCUT2D eigenvalue weighted by atomic mass is 10.1. The molecular weight excluding hydrogens is 199 g/mol. The first-order valence-electron chi connectivity index (χ1n) is 4.46. The molecule has 0 fully saturated rings. The van der Waals surface area contributed by atoms with E-state index in [4.69, 9.17) is 9.52 Å². The summed E-state index contributed by atoms with van der Waals surface area (Å²) in [5, 5.41) is 9.18. The van der Waals surface area contributed by atoms with E-state index in [1.165, 1.54) is 18.4 Å². The highest BCUT2D eigenvalue weighted by Crippen LogP contribution is 2.25. The maximum atomic E-state index is 13.1. The molecule has 1 heterocycles. The van der Waals surface area contributed by atoms with Crippen LogP contribution in [0.25, 0.3) is 11.0 Å². The number of hydrogen-bond donors (Lipinski definition) is 1. The normalized spacial score (nSPS) is 10.8. The van der Waals surface area contributed by atoms with Crippen LogP contribution in [0.5, 0.6) is 0 Å². The number of halogens is 1. The summed E-state index contributed by atoms with van der Waals surface area (Å²) < 4.78 is 18.3. The summed E-state index contributed by atoms with van der Waals surface area (Å²) in [4.78, 5) is 10.5. The van der Waals surface area contributed by atoms with Crippen molar-refractivity contribution in [1.29, 1.82) is 0 Å². The number of carboxylic acid groups (broad SMARTS) is 1. The van der Waals surface area contributed by atoms with Gasteiger partial charge in [0.15, 0.2) is 0 Å². The fourth-order valence-corrected chi connectivity index (χ4v) is 1.62. The second kappa shape index (κ2) is 3.38. The van der Waals surface area contributed by atoms with Crippen LogP contribution in [0.3, 0.4) is 0 Å². The molecular formula is C11H9FO3. The molecule has 2 rings (SSSR count). The number of hydrogen-bond acceptors (Lipinski definition) is 2. The number of fused-ring (bicyclic) bond motifs is 1. The molecule has 1 aromatic carbocycles. The number of rotatable bonds is 2. The van der Waals surface area contributed by atoms with Gasteiger partial charge in [0.1, 0.15) is 11.4 Å². The van der Waals surface area contributed by atoms with Gasteiger partial charge in [0.25, 0.3) is 0 Å². The van der Waals surface area contributed by atoms with Crippen LogP contribution in [0, 0.1) is 12.7 Å². The molecule has 0 bridgehead atoms. The van der Waals surface area contributed by atoms with Crippen LogP contribution in [0.15, 0.2) is 22.8 Å². The minimum Gasteiger partial charge on any atom is -0.481 e. The van der Waals surface area contributed by atoms with Gasteiger partial charge < -0.3 is 9.52 Å². The second-order valence-corrected chi connectivity index (χ2v) is 3.43. The van der Waals surface area contributed by atoms with E-state index >= 15 is 0 Å². The Bertz CT molecular complexity index is 528. The largest absolute Gasteiger partial charge is 0.481 e. The fourth-order valence-electron chi connectivity index (χ4n) is 1.62. The summed E-state index contributed by atoms with van der Waals surface area (Å²) in [5.74, 6) is -1.34. The van der Waals surface area contributed by atoms with Gasteiger partial charge in [-0.2, -0.15) is 0 Å². The Morgan fingerprint density at radius 1 is 1.53 bits per heavy atom. The third-order valence-corrected chi connectivity index (χ3v) is 2.25. The second-order valence-electron chi connectivity index (χ2n) is 3.43. The molecule has 0 spiro atoms. The number of carbonyl (C=O) groups is 1. The van der Waals surface area contributed by atoms with E-state index < -0.39 is 5.97 Å². The van der Waals surface area contributed by atoms with Crippen molar-refractivity contribution in [3.8, 4) is 0 Å². The van der Waals surface area contributed by atoms with Gasteiger partial charge in [-0.05, 0) is 24.6 Å². The molecule has 1 aromatic heterocycles. The van der Waals surface area contributed by atoms with E-state index in [0.29, 0.717) is 22.1 Å². The van der Waals surface area contributed by atoms with Gasteiger partial charge in [-0.3, -0.25) is 4.79 Å². The number of benzene rings is 1. The molecule has 0 aliphatic heterocycles. The van der Waals surface area contributed by atoms with Crippen molar-refractivity contribution in [2.75, 3.05) is 0 Å². The molecule has 4 heteroatoms. The third-order valence-electron chi connectivity index (χ3n) is 2.25. The van der Waals surface area contributed by atoms with E-state index in [1.54, 1.807) is 6.92 Å². The molecule has 0 aliphatic rings. The molecule has 0 unspecified atom stereocenters. The van der Waals surface area contributed by atoms with Crippen LogP contribution in [0.1, 0.15) is 11.1 Å². The molecule has 1 N–H and O–H groups in total. The zero-order valence-electron chi connectivity index (χ0n) is 8.08. The summed E-state index contributed by atoms with van der Waals surface area (Å²) >= 11 is 0. The minimum absolute atomic E-state index is 0.157. The first kappa shape index (κ1) is 9.71. The molecule has 2 aromatic rings. The molecule has 0 saturated heterocycles. The zero-order chi connectivity index (χ0) is 11.0. The number of furan rings is 1. The topological polar surface area (TPSA) is 50.4 Å². The highest BCUT2D eigenvalue weighted by molar-refractivity contribution is 5.87. The zero-order valence-corrected chi connectivity index (χ0v) is 8.08. The van der Waals surface area contributed by atoms with E-state index in [0.717, 1.165) is 0 Å². The van der Waals surface area contributed by atoms with Gasteiger partial charge in [-0.25, -0.2) is 4.39 Å². The highest BCUT2D eigenvalue weighted by Gasteiger charge is 2.12. The Balaban J connectivity index is 2.63. The SMILES string of the molecule is Cc1cc(F)cc2c(CC(=O)O)coc12. The predicted octanol–water partition coefficient (Wildman–Crippen LogP) is 2.51. The van der Waals surface area contributed by atoms with Gasteiger partial charge in [-0.15, -0.1) is 0 Å². The Hall–Kier alpha value is -1.84. The van der Waals surface area contributed by atoms with E-state index in [9.17, 15) is 9.18 Å². The van der Waals surface area contributed by atoms with Crippen molar-refractivity contribution < 1.29 is 18.7 Å². The van der Waals surface area contributed by atoms with Crippen molar-refractivity contribution >= 4 is 16.9 Å². The Labute approximate surface area is 85.1 Å². The molecule has 0 atom stereocenters. The Kier molecular flexibility index (Phi) is 2.19. The Morgan fingerprint density at radius 2 is 2.27 bits per heavy atom. The lowest BCUT2D eigenvalue weighted by Gasteiger charge is -1.96. The summed E-state index contributed by atoms with van der Waals surface area (Å²) in [6.07, 6.45) is 1.21. The smallest absolute Gasteiger partial charge is 0.307 e. The summed E-state index contributed by atoms with van der Waals surface area (Å²) in [7, 11) is 0. The summed E-state index contributed by atoms with van der Waals surface area (Å²) in [6.45, 7) is 1.72. The summed E-state index contributed by atoms with van der Waals surface area (Å²) in [6, 6.07) is 2.65. The van der Waals surface area contributed by atoms with E-state index in [1.807, 2.05) is 0 Å². The predicted molar refractivity (Wildman–Crippen MR) is 52.2 cm³/mol. The number of carboxylic acids is 1. The fraction of sp³-hybridized carbons (Fsp3) is 0.182. The lowest BCUT2D eigenvalue weighted by Crippen LogP contribution is -1.98. The van der Waals surface area contributed by atoms with Crippen LogP contribution in [-0.4, -0.2) is 11.1 Å². The van der Waals surface area contributed by atoms with Crippen molar-refractivity contribution in [2.24, 2.45) is 0 Å². The molecule has 0 amide bonds. The summed E-state index contributed by atoms with van der Waals surface area (Å²) in [5.41, 5.74) is 1.72. The number of aliphatic carboxylic acids is 1. The molecule has 0 saturated carbocycles. The lowest BCUT2D eigenvalue weighted by molar-refractivity contribution is -0.136. The van der Waals surface area contributed by atoms with Crippen molar-refractivity contribution in [3.63, 3.8) is 0 Å². The van der Waals surface area contributed by atoms with Gasteiger partial charge in [0, 0.05) is 10.9 Å². The highest BCUT2D eigenvalue weighted by atomic mass is 19.1. The number of aryl methyl sites for hydroxylation is 1. The van der Waals surface area contributed by atoms with Crippen molar-refractivity contribution in [1.82, 2.24) is 0 Å². The van der Waals surface area contributed by atoms with Crippen molar-refractivity contribution in [2.45, 2.75) is 13.3 Å². The monoisotopic (exact) mass is 208 g/mol. The standard InChI is InChI=1S/C11H9FO3/c1-6-2-8(12)4-9-7(3-10(13)14)5-15-11(6)9/h2,4-5H,3H2,1H3,(H,13,14). The maximum absolute atomic E-state index is 13.1. The van der Waals surface area contributed by atoms with Crippen LogP contribution in [-0.2, 0) is 11.2 Å². The van der Waals surface area contributed by atoms with Gasteiger partial charge in [0.05, 0.1) is 12.7 Å². The molecule has 78 valence electrons. The maximum Gasteiger partial charge on any atom is 0.307 e. The third kappa shape index (κ3) is 1.70. The van der Waals surface area contributed by atoms with Crippen molar-refractivity contribution in [3.05, 3.63) is 35.3 Å². The minimum atomic E-state index is -0.959. The molecule has 0 radical (unpaired) electrons. The quantitative estimate of drug-likeness (QED) is 0.824. The van der Waals surface area contributed by atoms with Crippen LogP contribution < -0.4 is 0 Å². The molecule has 3 nitrogen and oxygen atoms in total. The van der Waals surface area contributed by atoms with Crippen LogP contribution in [0.4, 0.5) is 4.39 Å². The van der Waals surface area contributed by atoms with Gasteiger partial charge in [0.2, 0.25) is 0 Å². The van der Waals surface area contributed by atoms with Crippen LogP contribution in [0.2, 0.25) is 0 Å². The average molecular weight is 208 g/mol. The first-order valence-corrected chi connectivity index (χ1v) is 4.46. The van der Waals surface area contributed by atoms with Gasteiger partial charge in [-0.1, -0.05) is 0 Å². The first-order chi connectivity index (χ1) is 7.08. The van der Waals surface area contributed by atoms with Gasteiger partial charge >= 0.3 is 5.97 Å². The van der Waals surface area contributed by atoms with Crippen LogP contribution >= 0.6 is 0 Å². The Morgan fingerprint density at radius 3 is 2.93 bits per heavy atom. The van der Waals surface area contributed by atoms with E-state index in [-0.39, 0.29) is 12.2 Å². The molecule has 0 aliphatic carbocycles. The average Bonchev–Trinajstić information content (AvgIpc) is 2.48.